The Balaban J connectivity index is 1.43. The summed E-state index contributed by atoms with van der Waals surface area (Å²) in [6, 6.07) is 6.08. The molecular weight excluding hydrogens is 548 g/mol. The molecule has 3 aromatic rings. The number of rotatable bonds is 7. The van der Waals surface area contributed by atoms with E-state index < -0.39 is 34.9 Å². The monoisotopic (exact) mass is 581 g/mol. The highest BCUT2D eigenvalue weighted by atomic mass is 19.1. The lowest BCUT2D eigenvalue weighted by Crippen LogP contribution is -2.46. The number of aryl methyl sites for hydroxylation is 1. The van der Waals surface area contributed by atoms with Gasteiger partial charge in [0.2, 0.25) is 23.6 Å². The highest BCUT2D eigenvalue weighted by Gasteiger charge is 2.40. The number of ether oxygens (including phenoxy) is 1. The number of carbonyl (C=O) groups excluding carboxylic acids is 3. The van der Waals surface area contributed by atoms with Crippen molar-refractivity contribution in [3.8, 4) is 5.75 Å². The molecule has 0 aliphatic carbocycles. The lowest BCUT2D eigenvalue weighted by atomic mass is 9.82. The van der Waals surface area contributed by atoms with E-state index in [-0.39, 0.29) is 36.0 Å². The number of halogens is 2. The fourth-order valence-electron chi connectivity index (χ4n) is 5.80. The van der Waals surface area contributed by atoms with Crippen molar-refractivity contribution in [1.82, 2.24) is 20.0 Å². The van der Waals surface area contributed by atoms with Crippen LogP contribution in [0.5, 0.6) is 5.75 Å². The average Bonchev–Trinajstić information content (AvgIpc) is 3.63. The lowest BCUT2D eigenvalue weighted by Gasteiger charge is -2.36. The summed E-state index contributed by atoms with van der Waals surface area (Å²) in [6.45, 7) is 5.91. The first-order valence-electron chi connectivity index (χ1n) is 13.8. The molecule has 1 N–H and O–H groups in total. The molecule has 12 heteroatoms. The van der Waals surface area contributed by atoms with Gasteiger partial charge in [-0.15, -0.1) is 10.2 Å². The summed E-state index contributed by atoms with van der Waals surface area (Å²) in [5.74, 6) is -2.31. The minimum absolute atomic E-state index is 0.114. The third-order valence-electron chi connectivity index (χ3n) is 7.88. The minimum Gasteiger partial charge on any atom is -0.497 e. The second-order valence-corrected chi connectivity index (χ2v) is 11.1. The first-order valence-corrected chi connectivity index (χ1v) is 13.8. The molecule has 1 saturated heterocycles. The summed E-state index contributed by atoms with van der Waals surface area (Å²) >= 11 is 0. The molecule has 5 rings (SSSR count). The van der Waals surface area contributed by atoms with Crippen LogP contribution in [0.4, 0.5) is 14.5 Å². The number of aromatic nitrogens is 2. The van der Waals surface area contributed by atoms with Gasteiger partial charge >= 0.3 is 0 Å². The summed E-state index contributed by atoms with van der Waals surface area (Å²) in [6.07, 6.45) is 1.95. The van der Waals surface area contributed by atoms with Crippen molar-refractivity contribution in [2.45, 2.75) is 57.9 Å². The Hall–Kier alpha value is -4.35. The zero-order valence-corrected chi connectivity index (χ0v) is 24.0. The van der Waals surface area contributed by atoms with Crippen LogP contribution in [-0.2, 0) is 32.6 Å². The summed E-state index contributed by atoms with van der Waals surface area (Å²) in [4.78, 5) is 43.2. The molecule has 1 fully saturated rings. The van der Waals surface area contributed by atoms with Crippen molar-refractivity contribution in [2.75, 3.05) is 32.1 Å². The quantitative estimate of drug-likeness (QED) is 0.450. The Morgan fingerprint density at radius 3 is 2.38 bits per heavy atom. The SMILES string of the molecule is COc1ccc2c(c1)CCN(C(=O)Cc1nnc(C)o1)[C@H]2C(=O)Nc1cc(F)c(C(C)(C)C(=O)N2CCCC2)c(F)c1. The number of likely N-dealkylation sites (tertiary alicyclic amines) is 1. The number of methoxy groups -OCH3 is 1. The topological polar surface area (TPSA) is 118 Å². The van der Waals surface area contributed by atoms with Crippen LogP contribution < -0.4 is 10.1 Å². The molecule has 1 aromatic heterocycles. The van der Waals surface area contributed by atoms with Gasteiger partial charge in [-0.05, 0) is 68.5 Å². The van der Waals surface area contributed by atoms with E-state index in [0.717, 1.165) is 30.5 Å². The summed E-state index contributed by atoms with van der Waals surface area (Å²) < 4.78 is 41.6. The number of carbonyl (C=O) groups is 3. The van der Waals surface area contributed by atoms with Crippen LogP contribution in [0, 0.1) is 18.6 Å². The maximum Gasteiger partial charge on any atom is 0.251 e. The van der Waals surface area contributed by atoms with Gasteiger partial charge in [-0.2, -0.15) is 0 Å². The molecule has 2 aliphatic rings. The van der Waals surface area contributed by atoms with E-state index >= 15 is 8.78 Å². The number of nitrogens with zero attached hydrogens (tertiary/aromatic N) is 4. The van der Waals surface area contributed by atoms with E-state index in [1.807, 2.05) is 0 Å². The summed E-state index contributed by atoms with van der Waals surface area (Å²) in [5.41, 5.74) is -0.576. The Kier molecular flexibility index (Phi) is 7.98. The van der Waals surface area contributed by atoms with Crippen LogP contribution in [0.1, 0.15) is 61.2 Å². The molecular formula is C30H33F2N5O5. The molecule has 2 aromatic carbocycles. The van der Waals surface area contributed by atoms with E-state index in [1.54, 1.807) is 30.0 Å². The van der Waals surface area contributed by atoms with E-state index in [4.69, 9.17) is 9.15 Å². The number of fused-ring (bicyclic) bond motifs is 1. The van der Waals surface area contributed by atoms with Crippen molar-refractivity contribution < 1.29 is 32.3 Å². The molecule has 10 nitrogen and oxygen atoms in total. The van der Waals surface area contributed by atoms with Gasteiger partial charge in [-0.1, -0.05) is 6.07 Å². The summed E-state index contributed by atoms with van der Waals surface area (Å²) in [7, 11) is 1.53. The second-order valence-electron chi connectivity index (χ2n) is 11.1. The molecule has 0 bridgehead atoms. The number of anilines is 1. The number of hydrogen-bond donors (Lipinski definition) is 1. The predicted molar refractivity (Wildman–Crippen MR) is 148 cm³/mol. The van der Waals surface area contributed by atoms with Crippen LogP contribution in [-0.4, -0.2) is 64.5 Å². The maximum absolute atomic E-state index is 15.5. The number of amides is 3. The van der Waals surface area contributed by atoms with E-state index in [9.17, 15) is 14.4 Å². The van der Waals surface area contributed by atoms with Gasteiger partial charge in [0.25, 0.3) is 5.91 Å². The van der Waals surface area contributed by atoms with Crippen molar-refractivity contribution >= 4 is 23.4 Å². The molecule has 3 amide bonds. The molecule has 1 atom stereocenters. The Labute approximate surface area is 242 Å². The standard InChI is InChI=1S/C30H33F2N5O5/c1-17-34-35-24(42-17)16-25(38)37-12-9-18-13-20(41-4)7-8-21(18)27(37)28(39)33-19-14-22(31)26(23(32)15-19)30(2,3)29(40)36-10-5-6-11-36/h7-8,13-15,27H,5-6,9-12,16H2,1-4H3,(H,33,39)/t27-/m1/s1. The molecule has 0 radical (unpaired) electrons. The fraction of sp³-hybridized carbons (Fsp3) is 0.433. The normalized spacial score (nSPS) is 16.8. The van der Waals surface area contributed by atoms with Gasteiger partial charge in [0.05, 0.1) is 12.5 Å². The van der Waals surface area contributed by atoms with Crippen molar-refractivity contribution in [1.29, 1.82) is 0 Å². The van der Waals surface area contributed by atoms with Crippen molar-refractivity contribution in [3.63, 3.8) is 0 Å². The zero-order valence-electron chi connectivity index (χ0n) is 24.0. The Morgan fingerprint density at radius 2 is 1.76 bits per heavy atom. The van der Waals surface area contributed by atoms with Gasteiger partial charge < -0.3 is 24.3 Å². The van der Waals surface area contributed by atoms with E-state index in [1.165, 1.54) is 25.9 Å². The Morgan fingerprint density at radius 1 is 1.07 bits per heavy atom. The highest BCUT2D eigenvalue weighted by molar-refractivity contribution is 5.99. The number of nitrogens with one attached hydrogen (secondary N) is 1. The van der Waals surface area contributed by atoms with Gasteiger partial charge in [0, 0.05) is 37.8 Å². The average molecular weight is 582 g/mol. The molecule has 0 saturated carbocycles. The molecule has 0 spiro atoms. The van der Waals surface area contributed by atoms with Crippen LogP contribution in [0.15, 0.2) is 34.7 Å². The van der Waals surface area contributed by atoms with Gasteiger partial charge in [0.1, 0.15) is 29.8 Å². The van der Waals surface area contributed by atoms with Gasteiger partial charge in [0.15, 0.2) is 0 Å². The predicted octanol–water partition coefficient (Wildman–Crippen LogP) is 3.87. The number of benzene rings is 2. The molecule has 3 heterocycles. The molecule has 2 aliphatic heterocycles. The van der Waals surface area contributed by atoms with Crippen LogP contribution >= 0.6 is 0 Å². The maximum atomic E-state index is 15.5. The fourth-order valence-corrected chi connectivity index (χ4v) is 5.80. The highest BCUT2D eigenvalue weighted by Crippen LogP contribution is 2.36. The van der Waals surface area contributed by atoms with Gasteiger partial charge in [-0.25, -0.2) is 8.78 Å². The van der Waals surface area contributed by atoms with Crippen LogP contribution in [0.2, 0.25) is 0 Å². The van der Waals surface area contributed by atoms with E-state index in [2.05, 4.69) is 15.5 Å². The smallest absolute Gasteiger partial charge is 0.251 e. The largest absolute Gasteiger partial charge is 0.497 e. The first-order chi connectivity index (χ1) is 20.0. The minimum atomic E-state index is -1.45. The number of hydrogen-bond acceptors (Lipinski definition) is 7. The third kappa shape index (κ3) is 5.57. The second kappa shape index (κ2) is 11.5. The van der Waals surface area contributed by atoms with E-state index in [0.29, 0.717) is 36.7 Å². The third-order valence-corrected chi connectivity index (χ3v) is 7.88. The van der Waals surface area contributed by atoms with Crippen LogP contribution in [0.25, 0.3) is 0 Å². The molecule has 42 heavy (non-hydrogen) atoms. The van der Waals surface area contributed by atoms with Gasteiger partial charge in [-0.3, -0.25) is 14.4 Å². The molecule has 222 valence electrons. The van der Waals surface area contributed by atoms with Crippen molar-refractivity contribution in [2.24, 2.45) is 0 Å². The first kappa shape index (κ1) is 29.2. The van der Waals surface area contributed by atoms with Crippen molar-refractivity contribution in [3.05, 3.63) is 70.4 Å². The molecule has 0 unspecified atom stereocenters. The van der Waals surface area contributed by atoms with Crippen LogP contribution in [0.3, 0.4) is 0 Å². The Bertz CT molecular complexity index is 1510. The summed E-state index contributed by atoms with van der Waals surface area (Å²) in [5, 5.41) is 10.2. The zero-order chi connectivity index (χ0) is 30.2. The lowest BCUT2D eigenvalue weighted by molar-refractivity contribution is -0.139.